The summed E-state index contributed by atoms with van der Waals surface area (Å²) in [6, 6.07) is 1.10. The van der Waals surface area contributed by atoms with Crippen molar-refractivity contribution in [3.05, 3.63) is 32.6 Å². The highest BCUT2D eigenvalue weighted by Crippen LogP contribution is 2.31. The molecule has 1 aromatic heterocycles. The maximum absolute atomic E-state index is 12.4. The summed E-state index contributed by atoms with van der Waals surface area (Å²) < 4.78 is 24.8. The molecule has 0 amide bonds. The van der Waals surface area contributed by atoms with Gasteiger partial charge in [-0.05, 0) is 6.07 Å². The summed E-state index contributed by atoms with van der Waals surface area (Å²) in [5.41, 5.74) is 3.41. The second-order valence-electron chi connectivity index (χ2n) is 2.60. The molecule has 0 unspecified atom stereocenters. The molecule has 8 heteroatoms. The molecule has 0 spiro atoms. The van der Waals surface area contributed by atoms with Crippen molar-refractivity contribution >= 4 is 17.3 Å². The van der Waals surface area contributed by atoms with Crippen molar-refractivity contribution in [3.8, 4) is 0 Å². The van der Waals surface area contributed by atoms with E-state index in [1.807, 2.05) is 0 Å². The van der Waals surface area contributed by atoms with Gasteiger partial charge in [0.1, 0.15) is 5.15 Å². The van der Waals surface area contributed by atoms with Crippen molar-refractivity contribution in [1.82, 2.24) is 4.98 Å². The van der Waals surface area contributed by atoms with Crippen LogP contribution in [0.3, 0.4) is 0 Å². The molecule has 0 saturated heterocycles. The Morgan fingerprint density at radius 1 is 1.67 bits per heavy atom. The van der Waals surface area contributed by atoms with Crippen LogP contribution in [0.2, 0.25) is 5.15 Å². The lowest BCUT2D eigenvalue weighted by Gasteiger charge is -2.05. The van der Waals surface area contributed by atoms with Gasteiger partial charge in [-0.25, -0.2) is 13.8 Å². The maximum Gasteiger partial charge on any atom is 0.301 e. The average Bonchev–Trinajstić information content (AvgIpc) is 2.15. The number of halogens is 3. The smallest absolute Gasteiger partial charge is 0.301 e. The minimum atomic E-state index is -3.06. The summed E-state index contributed by atoms with van der Waals surface area (Å²) in [5, 5.41) is 10.3. The third-order valence-electron chi connectivity index (χ3n) is 1.68. The van der Waals surface area contributed by atoms with E-state index in [1.54, 1.807) is 0 Å². The number of nitrogens with zero attached hydrogens (tertiary/aromatic N) is 2. The highest BCUT2D eigenvalue weighted by molar-refractivity contribution is 6.29. The Kier molecular flexibility index (Phi) is 3.48. The lowest BCUT2D eigenvalue weighted by atomic mass is 10.2. The number of nitrogens with two attached hydrogens (primary N) is 1. The minimum Gasteiger partial charge on any atom is -0.326 e. The zero-order valence-electron chi connectivity index (χ0n) is 7.28. The van der Waals surface area contributed by atoms with Gasteiger partial charge in [0.15, 0.2) is 5.69 Å². The van der Waals surface area contributed by atoms with Gasteiger partial charge in [-0.15, -0.1) is 0 Å². The quantitative estimate of drug-likeness (QED) is 0.495. The van der Waals surface area contributed by atoms with E-state index in [-0.39, 0.29) is 17.3 Å². The summed E-state index contributed by atoms with van der Waals surface area (Å²) in [6.07, 6.45) is -3.06. The normalized spacial score (nSPS) is 10.7. The van der Waals surface area contributed by atoms with Crippen LogP contribution >= 0.6 is 11.6 Å². The van der Waals surface area contributed by atoms with Crippen LogP contribution in [0.4, 0.5) is 14.5 Å². The van der Waals surface area contributed by atoms with Crippen LogP contribution < -0.4 is 5.73 Å². The largest absolute Gasteiger partial charge is 0.326 e. The second kappa shape index (κ2) is 4.45. The lowest BCUT2D eigenvalue weighted by Crippen LogP contribution is -2.07. The average molecular weight is 238 g/mol. The van der Waals surface area contributed by atoms with Gasteiger partial charge in [-0.1, -0.05) is 11.6 Å². The molecule has 0 radical (unpaired) electrons. The third kappa shape index (κ3) is 2.37. The summed E-state index contributed by atoms with van der Waals surface area (Å²) >= 11 is 5.43. The maximum atomic E-state index is 12.4. The molecule has 1 aromatic rings. The van der Waals surface area contributed by atoms with Gasteiger partial charge in [-0.2, -0.15) is 0 Å². The van der Waals surface area contributed by atoms with Crippen molar-refractivity contribution < 1.29 is 13.7 Å². The van der Waals surface area contributed by atoms with Gasteiger partial charge in [-0.3, -0.25) is 10.1 Å². The predicted molar refractivity (Wildman–Crippen MR) is 48.7 cm³/mol. The van der Waals surface area contributed by atoms with E-state index < -0.39 is 22.7 Å². The fourth-order valence-corrected chi connectivity index (χ4v) is 1.32. The number of hydrogen-bond donors (Lipinski definition) is 1. The molecule has 0 aliphatic carbocycles. The van der Waals surface area contributed by atoms with Gasteiger partial charge in [0.2, 0.25) is 0 Å². The summed E-state index contributed by atoms with van der Waals surface area (Å²) in [7, 11) is 0. The van der Waals surface area contributed by atoms with E-state index in [4.69, 9.17) is 17.3 Å². The first kappa shape index (κ1) is 11.7. The molecule has 82 valence electrons. The van der Waals surface area contributed by atoms with Crippen molar-refractivity contribution in [1.29, 1.82) is 0 Å². The molecule has 0 aromatic carbocycles. The highest BCUT2D eigenvalue weighted by Gasteiger charge is 2.27. The molecule has 0 atom stereocenters. The number of rotatable bonds is 3. The highest BCUT2D eigenvalue weighted by atomic mass is 35.5. The monoisotopic (exact) mass is 237 g/mol. The molecule has 0 bridgehead atoms. The van der Waals surface area contributed by atoms with Crippen molar-refractivity contribution in [2.24, 2.45) is 5.73 Å². The Balaban J connectivity index is 3.47. The number of alkyl halides is 2. The Labute approximate surface area is 88.0 Å². The van der Waals surface area contributed by atoms with Crippen molar-refractivity contribution in [3.63, 3.8) is 0 Å². The molecule has 0 saturated carbocycles. The molecule has 15 heavy (non-hydrogen) atoms. The van der Waals surface area contributed by atoms with Crippen LogP contribution in [0.5, 0.6) is 0 Å². The Morgan fingerprint density at radius 3 is 2.67 bits per heavy atom. The van der Waals surface area contributed by atoms with Crippen LogP contribution in [0, 0.1) is 10.1 Å². The zero-order chi connectivity index (χ0) is 11.6. The fraction of sp³-hybridized carbons (Fsp3) is 0.286. The molecule has 5 nitrogen and oxygen atoms in total. The van der Waals surface area contributed by atoms with Crippen LogP contribution in [0.15, 0.2) is 6.07 Å². The first-order chi connectivity index (χ1) is 6.97. The van der Waals surface area contributed by atoms with E-state index in [0.717, 1.165) is 6.07 Å². The fourth-order valence-electron chi connectivity index (χ4n) is 1.10. The molecule has 1 rings (SSSR count). The van der Waals surface area contributed by atoms with E-state index in [0.29, 0.717) is 0 Å². The zero-order valence-corrected chi connectivity index (χ0v) is 8.04. The molecular formula is C7H6ClF2N3O2. The van der Waals surface area contributed by atoms with Crippen LogP contribution in [-0.2, 0) is 6.54 Å². The third-order valence-corrected chi connectivity index (χ3v) is 1.87. The van der Waals surface area contributed by atoms with Gasteiger partial charge >= 0.3 is 5.69 Å². The molecular weight excluding hydrogens is 232 g/mol. The summed E-state index contributed by atoms with van der Waals surface area (Å²) in [6.45, 7) is -0.252. The predicted octanol–water partition coefficient (Wildman–Crippen LogP) is 2.04. The van der Waals surface area contributed by atoms with Gasteiger partial charge < -0.3 is 5.73 Å². The summed E-state index contributed by atoms with van der Waals surface area (Å²) in [5.74, 6) is 0. The first-order valence-electron chi connectivity index (χ1n) is 3.79. The number of pyridine rings is 1. The molecule has 1 heterocycles. The molecule has 0 aliphatic heterocycles. The number of hydrogen-bond acceptors (Lipinski definition) is 4. The molecule has 0 aliphatic rings. The van der Waals surface area contributed by atoms with Crippen LogP contribution in [0.1, 0.15) is 17.7 Å². The van der Waals surface area contributed by atoms with Crippen molar-refractivity contribution in [2.75, 3.05) is 0 Å². The number of nitro groups is 1. The lowest BCUT2D eigenvalue weighted by molar-refractivity contribution is -0.387. The summed E-state index contributed by atoms with van der Waals surface area (Å²) in [4.78, 5) is 12.8. The van der Waals surface area contributed by atoms with Gasteiger partial charge in [0.05, 0.1) is 4.92 Å². The second-order valence-corrected chi connectivity index (χ2v) is 2.99. The van der Waals surface area contributed by atoms with Crippen LogP contribution in [-0.4, -0.2) is 9.91 Å². The standard InChI is InChI=1S/C7H6ClF2N3O2/c8-4-1-3(2-11)6(13(14)15)5(12-4)7(9)10/h1,7H,2,11H2. The Bertz CT molecular complexity index is 400. The van der Waals surface area contributed by atoms with E-state index >= 15 is 0 Å². The number of aromatic nitrogens is 1. The van der Waals surface area contributed by atoms with E-state index in [2.05, 4.69) is 4.98 Å². The van der Waals surface area contributed by atoms with Gasteiger partial charge in [0, 0.05) is 12.1 Å². The SMILES string of the molecule is NCc1cc(Cl)nc(C(F)F)c1[N+](=O)[O-]. The van der Waals surface area contributed by atoms with Crippen molar-refractivity contribution in [2.45, 2.75) is 13.0 Å². The molecule has 0 fully saturated rings. The first-order valence-corrected chi connectivity index (χ1v) is 4.17. The Hall–Kier alpha value is -1.34. The van der Waals surface area contributed by atoms with E-state index in [9.17, 15) is 18.9 Å². The topological polar surface area (TPSA) is 82.0 Å². The van der Waals surface area contributed by atoms with Crippen LogP contribution in [0.25, 0.3) is 0 Å². The Morgan fingerprint density at radius 2 is 2.27 bits per heavy atom. The minimum absolute atomic E-state index is 0.0599. The van der Waals surface area contributed by atoms with E-state index in [1.165, 1.54) is 0 Å². The molecule has 2 N–H and O–H groups in total. The van der Waals surface area contributed by atoms with Gasteiger partial charge in [0.25, 0.3) is 6.43 Å².